The van der Waals surface area contributed by atoms with Crippen molar-refractivity contribution in [3.63, 3.8) is 0 Å². The Balaban J connectivity index is 2.41. The number of thiocarbonyl (C=S) groups is 1. The first-order valence-electron chi connectivity index (χ1n) is 4.42. The van der Waals surface area contributed by atoms with E-state index in [-0.39, 0.29) is 5.91 Å². The molecule has 15 heavy (non-hydrogen) atoms. The number of hydrogen-bond acceptors (Lipinski definition) is 2. The van der Waals surface area contributed by atoms with E-state index in [1.807, 2.05) is 31.2 Å². The summed E-state index contributed by atoms with van der Waals surface area (Å²) in [5.41, 5.74) is 0.182. The normalized spacial score (nSPS) is 24.9. The molecule has 0 radical (unpaired) electrons. The summed E-state index contributed by atoms with van der Waals surface area (Å²) in [5.74, 6) is -0.103. The third-order valence-electron chi connectivity index (χ3n) is 2.47. The first-order valence-corrected chi connectivity index (χ1v) is 5.91. The molecular weight excluding hydrogens is 323 g/mol. The summed E-state index contributed by atoms with van der Waals surface area (Å²) in [7, 11) is 0. The molecule has 0 aliphatic carbocycles. The molecule has 2 rings (SSSR count). The van der Waals surface area contributed by atoms with Crippen LogP contribution >= 0.6 is 34.8 Å². The highest BCUT2D eigenvalue weighted by atomic mass is 127. The molecule has 0 aromatic heterocycles. The van der Waals surface area contributed by atoms with Gasteiger partial charge in [0.05, 0.1) is 0 Å². The number of halogens is 1. The van der Waals surface area contributed by atoms with E-state index in [0.29, 0.717) is 5.11 Å². The van der Waals surface area contributed by atoms with Gasteiger partial charge in [-0.2, -0.15) is 0 Å². The van der Waals surface area contributed by atoms with Gasteiger partial charge in [0, 0.05) is 3.57 Å². The van der Waals surface area contributed by atoms with Crippen LogP contribution < -0.4 is 10.6 Å². The Kier molecular flexibility index (Phi) is 2.68. The van der Waals surface area contributed by atoms with Gasteiger partial charge in [-0.1, -0.05) is 12.1 Å². The molecule has 1 heterocycles. The molecule has 1 aliphatic rings. The lowest BCUT2D eigenvalue weighted by Crippen LogP contribution is -2.40. The second kappa shape index (κ2) is 3.71. The first-order chi connectivity index (χ1) is 7.02. The van der Waals surface area contributed by atoms with Crippen molar-refractivity contribution >= 4 is 45.8 Å². The Morgan fingerprint density at radius 2 is 1.93 bits per heavy atom. The van der Waals surface area contributed by atoms with Gasteiger partial charge in [-0.25, -0.2) is 0 Å². The van der Waals surface area contributed by atoms with Crippen molar-refractivity contribution in [3.05, 3.63) is 33.4 Å². The Labute approximate surface area is 107 Å². The monoisotopic (exact) mass is 332 g/mol. The molecule has 1 amide bonds. The summed E-state index contributed by atoms with van der Waals surface area (Å²) in [4.78, 5) is 11.7. The van der Waals surface area contributed by atoms with Crippen molar-refractivity contribution in [2.45, 2.75) is 12.5 Å². The summed E-state index contributed by atoms with van der Waals surface area (Å²) in [5, 5.41) is 5.97. The smallest absolute Gasteiger partial charge is 0.256 e. The molecule has 1 atom stereocenters. The lowest BCUT2D eigenvalue weighted by molar-refractivity contribution is -0.123. The molecule has 0 spiro atoms. The minimum Gasteiger partial charge on any atom is -0.345 e. The van der Waals surface area contributed by atoms with Crippen LogP contribution in [0.15, 0.2) is 24.3 Å². The Morgan fingerprint density at radius 1 is 1.33 bits per heavy atom. The zero-order chi connectivity index (χ0) is 11.1. The first kappa shape index (κ1) is 10.8. The highest BCUT2D eigenvalue weighted by Crippen LogP contribution is 2.24. The maximum atomic E-state index is 11.7. The van der Waals surface area contributed by atoms with E-state index in [9.17, 15) is 4.79 Å². The Bertz CT molecular complexity index is 432. The van der Waals surface area contributed by atoms with Crippen molar-refractivity contribution < 1.29 is 4.79 Å². The van der Waals surface area contributed by atoms with Crippen molar-refractivity contribution in [1.29, 1.82) is 0 Å². The summed E-state index contributed by atoms with van der Waals surface area (Å²) in [6, 6.07) is 7.81. The molecule has 0 bridgehead atoms. The number of hydrogen-bond donors (Lipinski definition) is 2. The van der Waals surface area contributed by atoms with E-state index in [2.05, 4.69) is 33.2 Å². The van der Waals surface area contributed by atoms with Crippen LogP contribution in [-0.4, -0.2) is 11.0 Å². The highest BCUT2D eigenvalue weighted by Gasteiger charge is 2.41. The van der Waals surface area contributed by atoms with E-state index in [4.69, 9.17) is 12.2 Å². The molecule has 0 saturated carbocycles. The van der Waals surface area contributed by atoms with Crippen molar-refractivity contribution in [2.24, 2.45) is 0 Å². The molecule has 78 valence electrons. The number of amides is 1. The van der Waals surface area contributed by atoms with E-state index in [1.54, 1.807) is 0 Å². The van der Waals surface area contributed by atoms with Crippen LogP contribution in [0.4, 0.5) is 0 Å². The molecule has 1 saturated heterocycles. The van der Waals surface area contributed by atoms with Gasteiger partial charge in [0.25, 0.3) is 5.91 Å². The van der Waals surface area contributed by atoms with E-state index >= 15 is 0 Å². The third-order valence-corrected chi connectivity index (χ3v) is 3.39. The van der Waals surface area contributed by atoms with Gasteiger partial charge in [-0.05, 0) is 59.4 Å². The predicted octanol–water partition coefficient (Wildman–Crippen LogP) is 1.51. The van der Waals surface area contributed by atoms with E-state index in [1.165, 1.54) is 0 Å². The number of carbonyl (C=O) groups is 1. The van der Waals surface area contributed by atoms with Crippen LogP contribution in [0.5, 0.6) is 0 Å². The summed E-state index contributed by atoms with van der Waals surface area (Å²) < 4.78 is 1.14. The fourth-order valence-electron chi connectivity index (χ4n) is 1.53. The largest absolute Gasteiger partial charge is 0.345 e. The minimum absolute atomic E-state index is 0.103. The molecule has 1 unspecified atom stereocenters. The predicted molar refractivity (Wildman–Crippen MR) is 70.4 cm³/mol. The molecule has 1 aromatic rings. The molecule has 2 N–H and O–H groups in total. The maximum absolute atomic E-state index is 11.7. The number of carbonyl (C=O) groups excluding carboxylic acids is 1. The summed E-state index contributed by atoms with van der Waals surface area (Å²) in [6.45, 7) is 1.82. The number of benzene rings is 1. The second-order valence-corrected chi connectivity index (χ2v) is 5.19. The molecule has 5 heteroatoms. The maximum Gasteiger partial charge on any atom is 0.256 e. The van der Waals surface area contributed by atoms with Crippen LogP contribution in [0.2, 0.25) is 0 Å². The molecule has 1 aromatic carbocycles. The Hall–Kier alpha value is -0.690. The lowest BCUT2D eigenvalue weighted by atomic mass is 9.92. The second-order valence-electron chi connectivity index (χ2n) is 3.54. The van der Waals surface area contributed by atoms with Gasteiger partial charge in [0.1, 0.15) is 5.54 Å². The fraction of sp³-hybridized carbons (Fsp3) is 0.200. The van der Waals surface area contributed by atoms with Crippen molar-refractivity contribution in [1.82, 2.24) is 10.6 Å². The SMILES string of the molecule is CC1(c2ccc(I)cc2)NC(=S)NC1=O. The van der Waals surface area contributed by atoms with Gasteiger partial charge < -0.3 is 10.6 Å². The zero-order valence-electron chi connectivity index (χ0n) is 8.00. The van der Waals surface area contributed by atoms with E-state index in [0.717, 1.165) is 9.13 Å². The topological polar surface area (TPSA) is 41.1 Å². The van der Waals surface area contributed by atoms with Gasteiger partial charge in [-0.3, -0.25) is 4.79 Å². The van der Waals surface area contributed by atoms with Crippen LogP contribution in [0.1, 0.15) is 12.5 Å². The fourth-order valence-corrected chi connectivity index (χ4v) is 2.19. The zero-order valence-corrected chi connectivity index (χ0v) is 11.0. The third kappa shape index (κ3) is 1.85. The summed E-state index contributed by atoms with van der Waals surface area (Å²) in [6.07, 6.45) is 0. The van der Waals surface area contributed by atoms with Crippen LogP contribution in [0.25, 0.3) is 0 Å². The van der Waals surface area contributed by atoms with Crippen LogP contribution in [0, 0.1) is 3.57 Å². The van der Waals surface area contributed by atoms with Gasteiger partial charge in [0.2, 0.25) is 0 Å². The Morgan fingerprint density at radius 3 is 2.40 bits per heavy atom. The standard InChI is InChI=1S/C10H9IN2OS/c1-10(8(14)12-9(15)13-10)6-2-4-7(11)5-3-6/h2-5H,1H3,(H2,12,13,14,15). The van der Waals surface area contributed by atoms with Crippen LogP contribution in [-0.2, 0) is 10.3 Å². The molecule has 1 fully saturated rings. The highest BCUT2D eigenvalue weighted by molar-refractivity contribution is 14.1. The van der Waals surface area contributed by atoms with Crippen molar-refractivity contribution in [3.8, 4) is 0 Å². The van der Waals surface area contributed by atoms with Gasteiger partial charge in [-0.15, -0.1) is 0 Å². The van der Waals surface area contributed by atoms with Gasteiger partial charge >= 0.3 is 0 Å². The van der Waals surface area contributed by atoms with Crippen LogP contribution in [0.3, 0.4) is 0 Å². The van der Waals surface area contributed by atoms with Gasteiger partial charge in [0.15, 0.2) is 5.11 Å². The average Bonchev–Trinajstić information content (AvgIpc) is 2.42. The number of rotatable bonds is 1. The van der Waals surface area contributed by atoms with Crippen molar-refractivity contribution in [2.75, 3.05) is 0 Å². The quantitative estimate of drug-likeness (QED) is 0.605. The summed E-state index contributed by atoms with van der Waals surface area (Å²) >= 11 is 7.15. The molecular formula is C10H9IN2OS. The molecule has 1 aliphatic heterocycles. The number of nitrogens with one attached hydrogen (secondary N) is 2. The van der Waals surface area contributed by atoms with E-state index < -0.39 is 5.54 Å². The molecule has 3 nitrogen and oxygen atoms in total. The lowest BCUT2D eigenvalue weighted by Gasteiger charge is -2.21. The average molecular weight is 332 g/mol. The minimum atomic E-state index is -0.735.